The zero-order valence-corrected chi connectivity index (χ0v) is 12.8. The fraction of sp³-hybridized carbons (Fsp3) is 0.600. The van der Waals surface area contributed by atoms with Crippen molar-refractivity contribution in [1.29, 1.82) is 0 Å². The lowest BCUT2D eigenvalue weighted by Gasteiger charge is -2.02. The molecule has 18 heavy (non-hydrogen) atoms. The summed E-state index contributed by atoms with van der Waals surface area (Å²) >= 11 is 11.2. The molecule has 1 aliphatic carbocycles. The second-order valence-corrected chi connectivity index (χ2v) is 5.34. The summed E-state index contributed by atoms with van der Waals surface area (Å²) in [6.07, 6.45) is 4.49. The number of nitrogens with one attached hydrogen (secondary N) is 1. The molecule has 1 saturated heterocycles. The summed E-state index contributed by atoms with van der Waals surface area (Å²) in [6.45, 7) is 6.62. The lowest BCUT2D eigenvalue weighted by atomic mass is 10.0. The van der Waals surface area contributed by atoms with Gasteiger partial charge in [-0.25, -0.2) is 0 Å². The Morgan fingerprint density at radius 1 is 0.944 bits per heavy atom. The highest BCUT2D eigenvalue weighted by atomic mass is 35.5. The van der Waals surface area contributed by atoms with Crippen molar-refractivity contribution in [3.05, 3.63) is 34.3 Å². The van der Waals surface area contributed by atoms with Crippen molar-refractivity contribution in [2.75, 3.05) is 13.1 Å². The monoisotopic (exact) mass is 287 g/mol. The van der Waals surface area contributed by atoms with Gasteiger partial charge >= 0.3 is 0 Å². The smallest absolute Gasteiger partial charge is 0.0592 e. The van der Waals surface area contributed by atoms with Gasteiger partial charge in [0.05, 0.1) is 10.0 Å². The Balaban J connectivity index is 0.000000159. The minimum absolute atomic E-state index is 0.606. The standard InChI is InChI=1S/C7H13N.C6H4Cl2.C2H6/c1-2-6-4-8-5-7(6)3-1;7-5-3-1-2-4-6(5)8;1-2/h6-8H,1-5H2;1-4H;1-2H3. The van der Waals surface area contributed by atoms with E-state index in [0.717, 1.165) is 11.8 Å². The fourth-order valence-electron chi connectivity index (χ4n) is 2.54. The summed E-state index contributed by atoms with van der Waals surface area (Å²) in [5.74, 6) is 2.13. The first-order valence-electron chi connectivity index (χ1n) is 6.88. The highest BCUT2D eigenvalue weighted by Crippen LogP contribution is 2.33. The highest BCUT2D eigenvalue weighted by molar-refractivity contribution is 6.41. The van der Waals surface area contributed by atoms with Gasteiger partial charge < -0.3 is 5.32 Å². The molecule has 1 heterocycles. The number of hydrogen-bond acceptors (Lipinski definition) is 1. The van der Waals surface area contributed by atoms with E-state index in [9.17, 15) is 0 Å². The second kappa shape index (κ2) is 8.79. The minimum Gasteiger partial charge on any atom is -0.316 e. The van der Waals surface area contributed by atoms with E-state index < -0.39 is 0 Å². The average Bonchev–Trinajstić information content (AvgIpc) is 2.99. The van der Waals surface area contributed by atoms with Crippen molar-refractivity contribution < 1.29 is 0 Å². The Morgan fingerprint density at radius 3 is 1.78 bits per heavy atom. The summed E-state index contributed by atoms with van der Waals surface area (Å²) in [4.78, 5) is 0. The largest absolute Gasteiger partial charge is 0.316 e. The molecular formula is C15H23Cl2N. The van der Waals surface area contributed by atoms with E-state index in [-0.39, 0.29) is 0 Å². The van der Waals surface area contributed by atoms with Crippen molar-refractivity contribution in [1.82, 2.24) is 5.32 Å². The van der Waals surface area contributed by atoms with E-state index in [1.165, 1.54) is 32.4 Å². The lowest BCUT2D eigenvalue weighted by Crippen LogP contribution is -2.08. The Morgan fingerprint density at radius 2 is 1.39 bits per heavy atom. The van der Waals surface area contributed by atoms with Gasteiger partial charge in [-0.3, -0.25) is 0 Å². The first kappa shape index (κ1) is 15.8. The van der Waals surface area contributed by atoms with Crippen LogP contribution in [0.4, 0.5) is 0 Å². The Labute approximate surface area is 121 Å². The quantitative estimate of drug-likeness (QED) is 0.706. The third kappa shape index (κ3) is 4.79. The number of benzene rings is 1. The molecule has 1 aromatic carbocycles. The van der Waals surface area contributed by atoms with Gasteiger partial charge in [0.1, 0.15) is 0 Å². The van der Waals surface area contributed by atoms with E-state index in [4.69, 9.17) is 23.2 Å². The molecule has 1 nitrogen and oxygen atoms in total. The third-order valence-electron chi connectivity index (χ3n) is 3.45. The number of rotatable bonds is 0. The molecule has 102 valence electrons. The Kier molecular flexibility index (Phi) is 7.73. The van der Waals surface area contributed by atoms with Crippen LogP contribution in [-0.2, 0) is 0 Å². The molecule has 2 unspecified atom stereocenters. The maximum absolute atomic E-state index is 5.58. The zero-order chi connectivity index (χ0) is 13.4. The first-order chi connectivity index (χ1) is 8.77. The first-order valence-corrected chi connectivity index (χ1v) is 7.63. The summed E-state index contributed by atoms with van der Waals surface area (Å²) in [5.41, 5.74) is 0. The predicted octanol–water partition coefficient (Wildman–Crippen LogP) is 5.03. The fourth-order valence-corrected chi connectivity index (χ4v) is 2.82. The van der Waals surface area contributed by atoms with Crippen LogP contribution in [-0.4, -0.2) is 13.1 Å². The lowest BCUT2D eigenvalue weighted by molar-refractivity contribution is 0.494. The van der Waals surface area contributed by atoms with Gasteiger partial charge in [0.2, 0.25) is 0 Å². The topological polar surface area (TPSA) is 12.0 Å². The van der Waals surface area contributed by atoms with E-state index in [0.29, 0.717) is 10.0 Å². The van der Waals surface area contributed by atoms with Crippen LogP contribution in [0.15, 0.2) is 24.3 Å². The van der Waals surface area contributed by atoms with Crippen LogP contribution in [0.25, 0.3) is 0 Å². The van der Waals surface area contributed by atoms with Gasteiger partial charge in [-0.1, -0.05) is 55.6 Å². The van der Waals surface area contributed by atoms with Crippen molar-refractivity contribution in [3.63, 3.8) is 0 Å². The molecule has 3 rings (SSSR count). The highest BCUT2D eigenvalue weighted by Gasteiger charge is 2.30. The number of hydrogen-bond donors (Lipinski definition) is 1. The third-order valence-corrected chi connectivity index (χ3v) is 4.21. The van der Waals surface area contributed by atoms with Gasteiger partial charge in [-0.15, -0.1) is 0 Å². The van der Waals surface area contributed by atoms with E-state index >= 15 is 0 Å². The predicted molar refractivity (Wildman–Crippen MR) is 81.5 cm³/mol. The van der Waals surface area contributed by atoms with Crippen LogP contribution >= 0.6 is 23.2 Å². The van der Waals surface area contributed by atoms with Crippen molar-refractivity contribution in [2.24, 2.45) is 11.8 Å². The molecule has 2 aliphatic rings. The van der Waals surface area contributed by atoms with Gasteiger partial charge in [0, 0.05) is 0 Å². The SMILES string of the molecule is C1CC2CNCC2C1.CC.Clc1ccccc1Cl. The van der Waals surface area contributed by atoms with Crippen LogP contribution < -0.4 is 5.32 Å². The molecule has 2 atom stereocenters. The van der Waals surface area contributed by atoms with Crippen LogP contribution in [0.5, 0.6) is 0 Å². The Hall–Kier alpha value is -0.240. The maximum Gasteiger partial charge on any atom is 0.0592 e. The van der Waals surface area contributed by atoms with Crippen molar-refractivity contribution >= 4 is 23.2 Å². The number of fused-ring (bicyclic) bond motifs is 1. The summed E-state index contributed by atoms with van der Waals surface area (Å²) in [5, 5.41) is 4.64. The average molecular weight is 288 g/mol. The zero-order valence-electron chi connectivity index (χ0n) is 11.3. The van der Waals surface area contributed by atoms with E-state index in [1.54, 1.807) is 12.1 Å². The van der Waals surface area contributed by atoms with Crippen LogP contribution in [0.3, 0.4) is 0 Å². The molecule has 1 N–H and O–H groups in total. The summed E-state index contributed by atoms with van der Waals surface area (Å²) < 4.78 is 0. The molecule has 3 heteroatoms. The molecule has 0 aromatic heterocycles. The Bertz CT molecular complexity index is 300. The molecule has 0 radical (unpaired) electrons. The van der Waals surface area contributed by atoms with Crippen molar-refractivity contribution in [2.45, 2.75) is 33.1 Å². The molecule has 1 aliphatic heterocycles. The normalized spacial score (nSPS) is 24.4. The molecule has 0 bridgehead atoms. The second-order valence-electron chi connectivity index (χ2n) is 4.52. The van der Waals surface area contributed by atoms with Gasteiger partial charge in [0.15, 0.2) is 0 Å². The molecular weight excluding hydrogens is 265 g/mol. The van der Waals surface area contributed by atoms with Crippen molar-refractivity contribution in [3.8, 4) is 0 Å². The summed E-state index contributed by atoms with van der Waals surface area (Å²) in [7, 11) is 0. The number of halogens is 2. The molecule has 1 aromatic rings. The van der Waals surface area contributed by atoms with Gasteiger partial charge in [0.25, 0.3) is 0 Å². The van der Waals surface area contributed by atoms with E-state index in [2.05, 4.69) is 5.32 Å². The van der Waals surface area contributed by atoms with E-state index in [1.807, 2.05) is 26.0 Å². The molecule has 1 saturated carbocycles. The van der Waals surface area contributed by atoms with Crippen LogP contribution in [0.1, 0.15) is 33.1 Å². The van der Waals surface area contributed by atoms with Gasteiger partial charge in [-0.05, 0) is 49.9 Å². The summed E-state index contributed by atoms with van der Waals surface area (Å²) in [6, 6.07) is 7.19. The van der Waals surface area contributed by atoms with Crippen LogP contribution in [0.2, 0.25) is 10.0 Å². The molecule has 0 spiro atoms. The van der Waals surface area contributed by atoms with Crippen LogP contribution in [0, 0.1) is 11.8 Å². The maximum atomic E-state index is 5.58. The molecule has 2 fully saturated rings. The molecule has 0 amide bonds. The van der Waals surface area contributed by atoms with Gasteiger partial charge in [-0.2, -0.15) is 0 Å². The minimum atomic E-state index is 0.606.